The van der Waals surface area contributed by atoms with Gasteiger partial charge in [0, 0.05) is 10.0 Å². The van der Waals surface area contributed by atoms with Gasteiger partial charge in [-0.3, -0.25) is 11.3 Å². The molecule has 1 atom stereocenters. The first-order chi connectivity index (χ1) is 9.11. The molecular weight excluding hydrogens is 279 g/mol. The number of aryl methyl sites for hydroxylation is 1. The molecule has 4 heteroatoms. The smallest absolute Gasteiger partial charge is 0.0515 e. The molecule has 3 N–H and O–H groups in total. The largest absolute Gasteiger partial charge is 0.271 e. The van der Waals surface area contributed by atoms with Gasteiger partial charge in [0.2, 0.25) is 0 Å². The third kappa shape index (κ3) is 3.48. The van der Waals surface area contributed by atoms with E-state index in [1.807, 2.05) is 24.3 Å². The molecule has 0 aromatic heterocycles. The number of hydrazine groups is 1. The molecular formula is C15H16Cl2N2. The molecule has 0 aliphatic rings. The normalized spacial score (nSPS) is 12.4. The molecule has 19 heavy (non-hydrogen) atoms. The molecule has 2 aromatic rings. The van der Waals surface area contributed by atoms with Crippen LogP contribution in [0.25, 0.3) is 0 Å². The minimum atomic E-state index is -0.0362. The topological polar surface area (TPSA) is 38.0 Å². The van der Waals surface area contributed by atoms with E-state index < -0.39 is 0 Å². The Balaban J connectivity index is 2.28. The van der Waals surface area contributed by atoms with Crippen LogP contribution >= 0.6 is 23.2 Å². The molecule has 0 saturated carbocycles. The molecule has 0 spiro atoms. The van der Waals surface area contributed by atoms with Gasteiger partial charge in [-0.25, -0.2) is 0 Å². The highest BCUT2D eigenvalue weighted by atomic mass is 35.5. The van der Waals surface area contributed by atoms with Crippen LogP contribution in [0.4, 0.5) is 0 Å². The zero-order chi connectivity index (χ0) is 13.8. The van der Waals surface area contributed by atoms with E-state index in [2.05, 4.69) is 24.5 Å². The second-order valence-electron chi connectivity index (χ2n) is 4.52. The van der Waals surface area contributed by atoms with Crippen molar-refractivity contribution in [1.29, 1.82) is 0 Å². The predicted molar refractivity (Wildman–Crippen MR) is 81.4 cm³/mol. The number of halogens is 2. The molecule has 0 amide bonds. The van der Waals surface area contributed by atoms with E-state index in [0.29, 0.717) is 10.0 Å². The fraction of sp³-hybridized carbons (Fsp3) is 0.200. The maximum atomic E-state index is 6.23. The summed E-state index contributed by atoms with van der Waals surface area (Å²) in [7, 11) is 0. The molecule has 0 saturated heterocycles. The highest BCUT2D eigenvalue weighted by Gasteiger charge is 2.15. The maximum Gasteiger partial charge on any atom is 0.0515 e. The third-order valence-electron chi connectivity index (χ3n) is 3.22. The van der Waals surface area contributed by atoms with Crippen molar-refractivity contribution in [3.05, 3.63) is 69.2 Å². The number of rotatable bonds is 4. The van der Waals surface area contributed by atoms with Gasteiger partial charge in [0.05, 0.1) is 6.04 Å². The van der Waals surface area contributed by atoms with E-state index in [0.717, 1.165) is 12.0 Å². The molecule has 2 rings (SSSR count). The minimum absolute atomic E-state index is 0.0362. The summed E-state index contributed by atoms with van der Waals surface area (Å²) in [4.78, 5) is 0. The average Bonchev–Trinajstić information content (AvgIpc) is 2.39. The van der Waals surface area contributed by atoms with E-state index in [-0.39, 0.29) is 6.04 Å². The van der Waals surface area contributed by atoms with Gasteiger partial charge >= 0.3 is 0 Å². The molecule has 2 nitrogen and oxygen atoms in total. The Labute approximate surface area is 123 Å². The number of nitrogens with two attached hydrogens (primary N) is 1. The van der Waals surface area contributed by atoms with Crippen LogP contribution in [0.15, 0.2) is 42.5 Å². The van der Waals surface area contributed by atoms with Crippen molar-refractivity contribution < 1.29 is 0 Å². The average molecular weight is 295 g/mol. The monoisotopic (exact) mass is 294 g/mol. The summed E-state index contributed by atoms with van der Waals surface area (Å²) in [6.45, 7) is 2.09. The molecule has 100 valence electrons. The van der Waals surface area contributed by atoms with Crippen molar-refractivity contribution >= 4 is 23.2 Å². The molecule has 0 heterocycles. The zero-order valence-electron chi connectivity index (χ0n) is 10.7. The van der Waals surface area contributed by atoms with Crippen molar-refractivity contribution in [2.75, 3.05) is 0 Å². The SMILES string of the molecule is Cc1ccccc1CC(NN)c1ccc(Cl)cc1Cl. The number of benzene rings is 2. The molecule has 1 unspecified atom stereocenters. The summed E-state index contributed by atoms with van der Waals surface area (Å²) < 4.78 is 0. The summed E-state index contributed by atoms with van der Waals surface area (Å²) >= 11 is 12.1. The van der Waals surface area contributed by atoms with Crippen LogP contribution in [0.3, 0.4) is 0 Å². The van der Waals surface area contributed by atoms with Gasteiger partial charge in [-0.2, -0.15) is 0 Å². The molecule has 0 aliphatic carbocycles. The van der Waals surface area contributed by atoms with Crippen molar-refractivity contribution in [3.63, 3.8) is 0 Å². The van der Waals surface area contributed by atoms with Crippen molar-refractivity contribution in [1.82, 2.24) is 5.43 Å². The van der Waals surface area contributed by atoms with Gasteiger partial charge in [0.25, 0.3) is 0 Å². The Bertz CT molecular complexity index is 570. The minimum Gasteiger partial charge on any atom is -0.271 e. The molecule has 0 bridgehead atoms. The fourth-order valence-electron chi connectivity index (χ4n) is 2.10. The molecule has 0 fully saturated rings. The van der Waals surface area contributed by atoms with Crippen LogP contribution in [0.1, 0.15) is 22.7 Å². The molecule has 0 radical (unpaired) electrons. The first-order valence-corrected chi connectivity index (χ1v) is 6.83. The summed E-state index contributed by atoms with van der Waals surface area (Å²) in [6.07, 6.45) is 0.782. The second-order valence-corrected chi connectivity index (χ2v) is 5.36. The Morgan fingerprint density at radius 2 is 1.89 bits per heavy atom. The first kappa shape index (κ1) is 14.4. The molecule has 0 aliphatic heterocycles. The van der Waals surface area contributed by atoms with Gasteiger partial charge in [-0.05, 0) is 42.2 Å². The Kier molecular flexibility index (Phi) is 4.83. The van der Waals surface area contributed by atoms with Gasteiger partial charge < -0.3 is 0 Å². The van der Waals surface area contributed by atoms with Crippen LogP contribution in [-0.2, 0) is 6.42 Å². The summed E-state index contributed by atoms with van der Waals surface area (Å²) in [5.41, 5.74) is 6.27. The lowest BCUT2D eigenvalue weighted by Gasteiger charge is -2.19. The van der Waals surface area contributed by atoms with Crippen LogP contribution in [0.2, 0.25) is 10.0 Å². The summed E-state index contributed by atoms with van der Waals surface area (Å²) in [5.74, 6) is 5.67. The summed E-state index contributed by atoms with van der Waals surface area (Å²) in [5, 5.41) is 1.25. The number of hydrogen-bond acceptors (Lipinski definition) is 2. The Morgan fingerprint density at radius 3 is 2.53 bits per heavy atom. The zero-order valence-corrected chi connectivity index (χ0v) is 12.2. The van der Waals surface area contributed by atoms with Gasteiger partial charge in [0.1, 0.15) is 0 Å². The van der Waals surface area contributed by atoms with Crippen molar-refractivity contribution in [3.8, 4) is 0 Å². The van der Waals surface area contributed by atoms with E-state index in [9.17, 15) is 0 Å². The standard InChI is InChI=1S/C15H16Cl2N2/c1-10-4-2-3-5-11(10)8-15(19-18)13-7-6-12(16)9-14(13)17/h2-7,9,15,19H,8,18H2,1H3. The van der Waals surface area contributed by atoms with Gasteiger partial charge in [-0.1, -0.05) is 53.5 Å². The number of hydrogen-bond donors (Lipinski definition) is 2. The van der Waals surface area contributed by atoms with Gasteiger partial charge in [0.15, 0.2) is 0 Å². The quantitative estimate of drug-likeness (QED) is 0.659. The van der Waals surface area contributed by atoms with E-state index >= 15 is 0 Å². The van der Waals surface area contributed by atoms with E-state index in [1.165, 1.54) is 11.1 Å². The van der Waals surface area contributed by atoms with Crippen molar-refractivity contribution in [2.24, 2.45) is 5.84 Å². The lowest BCUT2D eigenvalue weighted by molar-refractivity contribution is 0.551. The van der Waals surface area contributed by atoms with E-state index in [4.69, 9.17) is 29.0 Å². The van der Waals surface area contributed by atoms with Crippen molar-refractivity contribution in [2.45, 2.75) is 19.4 Å². The molecule has 2 aromatic carbocycles. The fourth-order valence-corrected chi connectivity index (χ4v) is 2.64. The Hall–Kier alpha value is -1.06. The predicted octanol–water partition coefficient (Wildman–Crippen LogP) is 4.05. The highest BCUT2D eigenvalue weighted by molar-refractivity contribution is 6.35. The van der Waals surface area contributed by atoms with E-state index in [1.54, 1.807) is 6.07 Å². The summed E-state index contributed by atoms with van der Waals surface area (Å²) in [6, 6.07) is 13.7. The third-order valence-corrected chi connectivity index (χ3v) is 3.79. The van der Waals surface area contributed by atoms with Crippen LogP contribution in [-0.4, -0.2) is 0 Å². The maximum absolute atomic E-state index is 6.23. The van der Waals surface area contributed by atoms with Gasteiger partial charge in [-0.15, -0.1) is 0 Å². The Morgan fingerprint density at radius 1 is 1.16 bits per heavy atom. The first-order valence-electron chi connectivity index (χ1n) is 6.07. The van der Waals surface area contributed by atoms with Crippen LogP contribution in [0, 0.1) is 6.92 Å². The lowest BCUT2D eigenvalue weighted by atomic mass is 9.96. The highest BCUT2D eigenvalue weighted by Crippen LogP contribution is 2.28. The lowest BCUT2D eigenvalue weighted by Crippen LogP contribution is -2.30. The van der Waals surface area contributed by atoms with Crippen LogP contribution in [0.5, 0.6) is 0 Å². The second kappa shape index (κ2) is 6.40. The van der Waals surface area contributed by atoms with Crippen LogP contribution < -0.4 is 11.3 Å². The number of nitrogens with one attached hydrogen (secondary N) is 1.